The van der Waals surface area contributed by atoms with Crippen molar-refractivity contribution < 1.29 is 19.2 Å². The van der Waals surface area contributed by atoms with Crippen LogP contribution in [-0.4, -0.2) is 16.8 Å². The van der Waals surface area contributed by atoms with Crippen molar-refractivity contribution in [3.63, 3.8) is 0 Å². The second kappa shape index (κ2) is 8.85. The Bertz CT molecular complexity index is 1280. The Hall–Kier alpha value is -4.26. The summed E-state index contributed by atoms with van der Waals surface area (Å²) in [6.45, 7) is 4.00. The number of benzene rings is 3. The van der Waals surface area contributed by atoms with E-state index in [2.05, 4.69) is 4.99 Å². The van der Waals surface area contributed by atoms with Gasteiger partial charge >= 0.3 is 5.97 Å². The smallest absolute Gasteiger partial charge is 0.363 e. The van der Waals surface area contributed by atoms with E-state index < -0.39 is 10.9 Å². The number of rotatable bonds is 6. The molecule has 4 rings (SSSR count). The molecule has 0 N–H and O–H groups in total. The maximum atomic E-state index is 12.4. The van der Waals surface area contributed by atoms with Crippen LogP contribution in [0, 0.1) is 24.0 Å². The van der Waals surface area contributed by atoms with Crippen LogP contribution in [0.15, 0.2) is 77.4 Å². The van der Waals surface area contributed by atoms with Crippen LogP contribution in [0.4, 0.5) is 5.69 Å². The third-order valence-electron chi connectivity index (χ3n) is 5.04. The summed E-state index contributed by atoms with van der Waals surface area (Å²) in [5.74, 6) is 0.0180. The molecule has 1 heterocycles. The first-order chi connectivity index (χ1) is 15.4. The van der Waals surface area contributed by atoms with E-state index >= 15 is 0 Å². The molecule has 0 radical (unpaired) electrons. The maximum absolute atomic E-state index is 12.4. The Morgan fingerprint density at radius 1 is 1.06 bits per heavy atom. The van der Waals surface area contributed by atoms with Gasteiger partial charge in [0.2, 0.25) is 5.90 Å². The van der Waals surface area contributed by atoms with Crippen LogP contribution < -0.4 is 4.74 Å². The first-order valence-electron chi connectivity index (χ1n) is 9.96. The number of aryl methyl sites for hydroxylation is 1. The van der Waals surface area contributed by atoms with Gasteiger partial charge < -0.3 is 9.47 Å². The molecular formula is C25H20N2O5. The average molecular weight is 428 g/mol. The molecule has 1 aliphatic rings. The fourth-order valence-corrected chi connectivity index (χ4v) is 3.42. The third-order valence-corrected chi connectivity index (χ3v) is 5.04. The van der Waals surface area contributed by atoms with E-state index in [1.165, 1.54) is 12.1 Å². The second-order valence-corrected chi connectivity index (χ2v) is 7.36. The maximum Gasteiger partial charge on any atom is 0.363 e. The number of ether oxygens (including phenoxy) is 2. The van der Waals surface area contributed by atoms with Crippen LogP contribution in [-0.2, 0) is 16.1 Å². The van der Waals surface area contributed by atoms with Gasteiger partial charge in [-0.05, 0) is 37.6 Å². The minimum absolute atomic E-state index is 0.0422. The highest BCUT2D eigenvalue weighted by Crippen LogP contribution is 2.28. The van der Waals surface area contributed by atoms with Gasteiger partial charge in [-0.1, -0.05) is 54.1 Å². The van der Waals surface area contributed by atoms with Gasteiger partial charge in [-0.2, -0.15) is 0 Å². The Morgan fingerprint density at radius 2 is 1.84 bits per heavy atom. The number of nitro groups is 1. The van der Waals surface area contributed by atoms with Gasteiger partial charge in [-0.25, -0.2) is 9.79 Å². The minimum atomic E-state index is -0.626. The summed E-state index contributed by atoms with van der Waals surface area (Å²) in [4.78, 5) is 27.5. The Balaban J connectivity index is 1.62. The number of cyclic esters (lactones) is 1. The molecule has 0 saturated carbocycles. The van der Waals surface area contributed by atoms with Gasteiger partial charge in [0.15, 0.2) is 5.70 Å². The number of esters is 1. The van der Waals surface area contributed by atoms with Crippen molar-refractivity contribution in [1.82, 2.24) is 0 Å². The lowest BCUT2D eigenvalue weighted by molar-refractivity contribution is -0.385. The lowest BCUT2D eigenvalue weighted by atomic mass is 10.1. The summed E-state index contributed by atoms with van der Waals surface area (Å²) in [6, 6.07) is 19.9. The molecule has 32 heavy (non-hydrogen) atoms. The lowest BCUT2D eigenvalue weighted by Crippen LogP contribution is -2.08. The summed E-state index contributed by atoms with van der Waals surface area (Å²) < 4.78 is 11.3. The monoisotopic (exact) mass is 428 g/mol. The highest BCUT2D eigenvalue weighted by atomic mass is 16.6. The molecule has 160 valence electrons. The van der Waals surface area contributed by atoms with E-state index in [4.69, 9.17) is 9.47 Å². The van der Waals surface area contributed by atoms with Crippen molar-refractivity contribution in [3.8, 4) is 5.75 Å². The normalized spacial score (nSPS) is 14.2. The molecule has 0 amide bonds. The molecule has 0 aromatic heterocycles. The van der Waals surface area contributed by atoms with Crippen molar-refractivity contribution >= 4 is 23.6 Å². The van der Waals surface area contributed by atoms with Crippen LogP contribution >= 0.6 is 0 Å². The van der Waals surface area contributed by atoms with Crippen LogP contribution in [0.25, 0.3) is 6.08 Å². The van der Waals surface area contributed by atoms with Crippen LogP contribution in [0.3, 0.4) is 0 Å². The Kier molecular flexibility index (Phi) is 5.81. The second-order valence-electron chi connectivity index (χ2n) is 7.36. The first kappa shape index (κ1) is 21.0. The molecule has 0 unspecified atom stereocenters. The first-order valence-corrected chi connectivity index (χ1v) is 9.96. The summed E-state index contributed by atoms with van der Waals surface area (Å²) in [5, 5.41) is 11.2. The number of nitro benzene ring substituents is 1. The fraction of sp³-hybridized carbons (Fsp3) is 0.120. The van der Waals surface area contributed by atoms with Gasteiger partial charge in [0, 0.05) is 22.8 Å². The molecule has 0 saturated heterocycles. The van der Waals surface area contributed by atoms with Gasteiger partial charge in [-0.3, -0.25) is 10.1 Å². The minimum Gasteiger partial charge on any atom is -0.488 e. The van der Waals surface area contributed by atoms with E-state index in [0.29, 0.717) is 29.0 Å². The molecule has 0 bridgehead atoms. The molecule has 7 heteroatoms. The molecule has 0 fully saturated rings. The SMILES string of the molecule is Cc1cccc(COc2ccccc2/C=C2\N=C(c3cccc([N+](=O)[O-])c3C)OC2=O)c1. The van der Waals surface area contributed by atoms with Gasteiger partial charge in [0.05, 0.1) is 4.92 Å². The van der Waals surface area contributed by atoms with Crippen LogP contribution in [0.1, 0.15) is 27.8 Å². The molecular weight excluding hydrogens is 408 g/mol. The molecule has 0 atom stereocenters. The number of nitrogens with zero attached hydrogens (tertiary/aromatic N) is 2. The quantitative estimate of drug-likeness (QED) is 0.235. The summed E-state index contributed by atoms with van der Waals surface area (Å²) in [7, 11) is 0. The van der Waals surface area contributed by atoms with E-state index in [1.54, 1.807) is 19.1 Å². The zero-order valence-corrected chi connectivity index (χ0v) is 17.6. The van der Waals surface area contributed by atoms with Crippen LogP contribution in [0.2, 0.25) is 0 Å². The molecule has 3 aromatic carbocycles. The van der Waals surface area contributed by atoms with Crippen molar-refractivity contribution in [3.05, 3.63) is 110 Å². The highest BCUT2D eigenvalue weighted by molar-refractivity contribution is 6.13. The number of hydrogen-bond acceptors (Lipinski definition) is 6. The summed E-state index contributed by atoms with van der Waals surface area (Å²) in [5.41, 5.74) is 3.67. The third kappa shape index (κ3) is 4.41. The van der Waals surface area contributed by atoms with Crippen molar-refractivity contribution in [2.75, 3.05) is 0 Å². The number of aliphatic imine (C=N–C) groups is 1. The van der Waals surface area contributed by atoms with Crippen molar-refractivity contribution in [1.29, 1.82) is 0 Å². The Labute approximate surface area is 184 Å². The predicted octanol–water partition coefficient (Wildman–Crippen LogP) is 5.14. The molecule has 0 spiro atoms. The largest absolute Gasteiger partial charge is 0.488 e. The molecule has 0 aliphatic carbocycles. The molecule has 7 nitrogen and oxygen atoms in total. The number of hydrogen-bond donors (Lipinski definition) is 0. The number of carbonyl (C=O) groups is 1. The van der Waals surface area contributed by atoms with E-state index in [9.17, 15) is 14.9 Å². The molecule has 3 aromatic rings. The fourth-order valence-electron chi connectivity index (χ4n) is 3.42. The number of para-hydroxylation sites is 1. The zero-order chi connectivity index (χ0) is 22.7. The van der Waals surface area contributed by atoms with E-state index in [0.717, 1.165) is 11.1 Å². The zero-order valence-electron chi connectivity index (χ0n) is 17.6. The Morgan fingerprint density at radius 3 is 2.62 bits per heavy atom. The average Bonchev–Trinajstić information content (AvgIpc) is 3.13. The van der Waals surface area contributed by atoms with Crippen molar-refractivity contribution in [2.45, 2.75) is 20.5 Å². The van der Waals surface area contributed by atoms with Gasteiger partial charge in [0.1, 0.15) is 12.4 Å². The lowest BCUT2D eigenvalue weighted by Gasteiger charge is -2.09. The van der Waals surface area contributed by atoms with Crippen LogP contribution in [0.5, 0.6) is 5.75 Å². The van der Waals surface area contributed by atoms with E-state index in [-0.39, 0.29) is 17.3 Å². The molecule has 1 aliphatic heterocycles. The highest BCUT2D eigenvalue weighted by Gasteiger charge is 2.27. The predicted molar refractivity (Wildman–Crippen MR) is 120 cm³/mol. The topological polar surface area (TPSA) is 91.0 Å². The van der Waals surface area contributed by atoms with E-state index in [1.807, 2.05) is 55.5 Å². The van der Waals surface area contributed by atoms with Gasteiger partial charge in [-0.15, -0.1) is 0 Å². The number of carbonyl (C=O) groups excluding carboxylic acids is 1. The standard InChI is InChI=1S/C25H20N2O5/c1-16-7-5-8-18(13-16)15-31-23-12-4-3-9-19(23)14-21-25(28)32-24(26-21)20-10-6-11-22(17(20)2)27(29)30/h3-14H,15H2,1-2H3/b21-14-. The summed E-state index contributed by atoms with van der Waals surface area (Å²) in [6.07, 6.45) is 1.59. The van der Waals surface area contributed by atoms with Crippen molar-refractivity contribution in [2.24, 2.45) is 4.99 Å². The van der Waals surface area contributed by atoms with Gasteiger partial charge in [0.25, 0.3) is 5.69 Å². The summed E-state index contributed by atoms with van der Waals surface area (Å²) >= 11 is 0.